The number of likely N-dealkylation sites (tertiary alicyclic amines) is 1. The molecule has 2 aliphatic carbocycles. The number of nitrogens with one attached hydrogen (secondary N) is 1. The van der Waals surface area contributed by atoms with E-state index < -0.39 is 0 Å². The van der Waals surface area contributed by atoms with E-state index in [-0.39, 0.29) is 5.54 Å². The van der Waals surface area contributed by atoms with Gasteiger partial charge in [0.1, 0.15) is 0 Å². The lowest BCUT2D eigenvalue weighted by Crippen LogP contribution is -2.60. The van der Waals surface area contributed by atoms with E-state index >= 15 is 0 Å². The van der Waals surface area contributed by atoms with Crippen LogP contribution in [-0.2, 0) is 0 Å². The Morgan fingerprint density at radius 3 is 2.21 bits per heavy atom. The average Bonchev–Trinajstić information content (AvgIpc) is 3.20. The molecule has 1 aliphatic heterocycles. The molecule has 2 N–H and O–H groups in total. The molecule has 3 unspecified atom stereocenters. The molecular formula is C16H30N2O. The Bertz CT molecular complexity index is 304. The van der Waals surface area contributed by atoms with Crippen LogP contribution in [0.5, 0.6) is 0 Å². The normalized spacial score (nSPS) is 36.2. The van der Waals surface area contributed by atoms with E-state index in [1.54, 1.807) is 0 Å². The van der Waals surface area contributed by atoms with Gasteiger partial charge in [0.2, 0.25) is 0 Å². The predicted octanol–water partition coefficient (Wildman–Crippen LogP) is 1.86. The van der Waals surface area contributed by atoms with Gasteiger partial charge >= 0.3 is 0 Å². The quantitative estimate of drug-likeness (QED) is 0.770. The zero-order chi connectivity index (χ0) is 13.5. The fourth-order valence-corrected chi connectivity index (χ4v) is 4.11. The Balaban J connectivity index is 1.65. The molecule has 3 atom stereocenters. The Morgan fingerprint density at radius 1 is 1.11 bits per heavy atom. The van der Waals surface area contributed by atoms with Crippen LogP contribution in [0.15, 0.2) is 0 Å². The predicted molar refractivity (Wildman–Crippen MR) is 78.1 cm³/mol. The van der Waals surface area contributed by atoms with Crippen molar-refractivity contribution in [1.82, 2.24) is 10.2 Å². The van der Waals surface area contributed by atoms with Gasteiger partial charge in [-0.3, -0.25) is 0 Å². The molecule has 0 aromatic heterocycles. The molecule has 0 amide bonds. The first-order chi connectivity index (χ1) is 9.11. The summed E-state index contributed by atoms with van der Waals surface area (Å²) >= 11 is 0. The Labute approximate surface area is 117 Å². The molecule has 3 aliphatic rings. The SMILES string of the molecule is CC1CC(C)CN(CC(CO)(NC2CC2)C2CC2)C1. The molecule has 3 heteroatoms. The van der Waals surface area contributed by atoms with Crippen molar-refractivity contribution in [3.05, 3.63) is 0 Å². The van der Waals surface area contributed by atoms with Crippen LogP contribution < -0.4 is 5.32 Å². The van der Waals surface area contributed by atoms with E-state index in [1.165, 1.54) is 45.2 Å². The maximum Gasteiger partial charge on any atom is 0.0628 e. The van der Waals surface area contributed by atoms with Crippen molar-refractivity contribution in [3.8, 4) is 0 Å². The van der Waals surface area contributed by atoms with Gasteiger partial charge in [-0.15, -0.1) is 0 Å². The zero-order valence-electron chi connectivity index (χ0n) is 12.6. The summed E-state index contributed by atoms with van der Waals surface area (Å²) in [6.07, 6.45) is 6.59. The third-order valence-corrected chi connectivity index (χ3v) is 5.16. The summed E-state index contributed by atoms with van der Waals surface area (Å²) in [5, 5.41) is 13.8. The Hall–Kier alpha value is -0.120. The van der Waals surface area contributed by atoms with E-state index in [4.69, 9.17) is 0 Å². The molecule has 3 fully saturated rings. The Morgan fingerprint density at radius 2 is 1.74 bits per heavy atom. The maximum absolute atomic E-state index is 10.0. The second-order valence-electron chi connectivity index (χ2n) is 7.65. The van der Waals surface area contributed by atoms with Crippen molar-refractivity contribution in [1.29, 1.82) is 0 Å². The first-order valence-electron chi connectivity index (χ1n) is 8.22. The summed E-state index contributed by atoms with van der Waals surface area (Å²) in [5.74, 6) is 2.33. The van der Waals surface area contributed by atoms with E-state index in [9.17, 15) is 5.11 Å². The summed E-state index contributed by atoms with van der Waals surface area (Å²) in [6.45, 7) is 8.53. The molecule has 19 heavy (non-hydrogen) atoms. The van der Waals surface area contributed by atoms with Gasteiger partial charge in [-0.1, -0.05) is 13.8 Å². The molecule has 0 spiro atoms. The fraction of sp³-hybridized carbons (Fsp3) is 1.00. The largest absolute Gasteiger partial charge is 0.394 e. The highest BCUT2D eigenvalue weighted by Crippen LogP contribution is 2.42. The number of piperidine rings is 1. The third kappa shape index (κ3) is 3.32. The molecule has 1 heterocycles. The van der Waals surface area contributed by atoms with Gasteiger partial charge in [0, 0.05) is 25.7 Å². The number of aliphatic hydroxyl groups is 1. The average molecular weight is 266 g/mol. The summed E-state index contributed by atoms with van der Waals surface area (Å²) in [4.78, 5) is 2.61. The summed E-state index contributed by atoms with van der Waals surface area (Å²) in [5.41, 5.74) is -0.00204. The van der Waals surface area contributed by atoms with E-state index in [2.05, 4.69) is 24.1 Å². The van der Waals surface area contributed by atoms with Crippen LogP contribution in [0.4, 0.5) is 0 Å². The molecule has 0 radical (unpaired) electrons. The van der Waals surface area contributed by atoms with Crippen molar-refractivity contribution in [2.75, 3.05) is 26.2 Å². The second-order valence-corrected chi connectivity index (χ2v) is 7.65. The minimum Gasteiger partial charge on any atom is -0.394 e. The number of aliphatic hydroxyl groups excluding tert-OH is 1. The lowest BCUT2D eigenvalue weighted by Gasteiger charge is -2.43. The van der Waals surface area contributed by atoms with Crippen LogP contribution in [0.1, 0.15) is 46.0 Å². The second kappa shape index (κ2) is 5.34. The standard InChI is InChI=1S/C16H30N2O/c1-12-7-13(2)9-18(8-12)10-16(11-19,14-3-4-14)17-15-5-6-15/h12-15,17,19H,3-11H2,1-2H3. The van der Waals surface area contributed by atoms with Crippen LogP contribution in [-0.4, -0.2) is 47.8 Å². The molecule has 0 aromatic carbocycles. The number of hydrogen-bond acceptors (Lipinski definition) is 3. The molecule has 0 bridgehead atoms. The minimum atomic E-state index is -0.00204. The van der Waals surface area contributed by atoms with E-state index in [0.29, 0.717) is 18.6 Å². The molecule has 110 valence electrons. The first-order valence-corrected chi connectivity index (χ1v) is 8.22. The lowest BCUT2D eigenvalue weighted by atomic mass is 9.88. The van der Waals surface area contributed by atoms with Crippen LogP contribution in [0.3, 0.4) is 0 Å². The topological polar surface area (TPSA) is 35.5 Å². The van der Waals surface area contributed by atoms with Crippen molar-refractivity contribution in [2.24, 2.45) is 17.8 Å². The zero-order valence-corrected chi connectivity index (χ0v) is 12.6. The summed E-state index contributed by atoms with van der Waals surface area (Å²) in [6, 6.07) is 0.687. The summed E-state index contributed by atoms with van der Waals surface area (Å²) in [7, 11) is 0. The number of hydrogen-bond donors (Lipinski definition) is 2. The van der Waals surface area contributed by atoms with Crippen LogP contribution in [0.25, 0.3) is 0 Å². The maximum atomic E-state index is 10.0. The van der Waals surface area contributed by atoms with Gasteiger partial charge in [0.25, 0.3) is 0 Å². The van der Waals surface area contributed by atoms with Gasteiger partial charge in [-0.05, 0) is 49.9 Å². The van der Waals surface area contributed by atoms with Gasteiger partial charge < -0.3 is 15.3 Å². The van der Waals surface area contributed by atoms with Crippen LogP contribution in [0.2, 0.25) is 0 Å². The highest BCUT2D eigenvalue weighted by Gasteiger charge is 2.48. The van der Waals surface area contributed by atoms with Crippen molar-refractivity contribution in [3.63, 3.8) is 0 Å². The van der Waals surface area contributed by atoms with Crippen molar-refractivity contribution >= 4 is 0 Å². The number of rotatable bonds is 6. The highest BCUT2D eigenvalue weighted by molar-refractivity contribution is 5.06. The first kappa shape index (κ1) is 13.8. The molecule has 0 aromatic rings. The smallest absolute Gasteiger partial charge is 0.0628 e. The Kier molecular flexibility index (Phi) is 3.89. The highest BCUT2D eigenvalue weighted by atomic mass is 16.3. The van der Waals surface area contributed by atoms with Gasteiger partial charge in [-0.2, -0.15) is 0 Å². The molecular weight excluding hydrogens is 236 g/mol. The molecule has 2 saturated carbocycles. The molecule has 1 saturated heterocycles. The van der Waals surface area contributed by atoms with Crippen molar-refractivity contribution in [2.45, 2.75) is 57.5 Å². The van der Waals surface area contributed by atoms with Gasteiger partial charge in [0.05, 0.1) is 12.1 Å². The van der Waals surface area contributed by atoms with Gasteiger partial charge in [0.15, 0.2) is 0 Å². The monoisotopic (exact) mass is 266 g/mol. The van der Waals surface area contributed by atoms with Crippen LogP contribution in [0, 0.1) is 17.8 Å². The molecule has 3 rings (SSSR count). The third-order valence-electron chi connectivity index (χ3n) is 5.16. The number of nitrogens with zero attached hydrogens (tertiary/aromatic N) is 1. The minimum absolute atomic E-state index is 0.00204. The van der Waals surface area contributed by atoms with E-state index in [1.807, 2.05) is 0 Å². The van der Waals surface area contributed by atoms with Gasteiger partial charge in [-0.25, -0.2) is 0 Å². The molecule has 3 nitrogen and oxygen atoms in total. The van der Waals surface area contributed by atoms with Crippen molar-refractivity contribution < 1.29 is 5.11 Å². The summed E-state index contributed by atoms with van der Waals surface area (Å²) < 4.78 is 0. The lowest BCUT2D eigenvalue weighted by molar-refractivity contribution is 0.0556. The van der Waals surface area contributed by atoms with E-state index in [0.717, 1.165) is 18.4 Å². The fourth-order valence-electron chi connectivity index (χ4n) is 4.11. The van der Waals surface area contributed by atoms with Crippen LogP contribution >= 0.6 is 0 Å².